The second-order valence-corrected chi connectivity index (χ2v) is 8.77. The first-order valence-electron chi connectivity index (χ1n) is 9.17. The van der Waals surface area contributed by atoms with Gasteiger partial charge in [-0.3, -0.25) is 0 Å². The molecule has 2 aromatic rings. The molecular weight excluding hydrogens is 333 g/mol. The monoisotopic (exact) mass is 362 g/mol. The number of aryl methyl sites for hydroxylation is 1. The molecule has 0 spiro atoms. The molecule has 0 saturated carbocycles. The van der Waals surface area contributed by atoms with Gasteiger partial charge in [0.05, 0.1) is 5.56 Å². The predicted octanol–water partition coefficient (Wildman–Crippen LogP) is 7.30. The largest absolute Gasteiger partial charge is 0.416 e. The lowest BCUT2D eigenvalue weighted by Crippen LogP contribution is -2.18. The smallest absolute Gasteiger partial charge is 0.166 e. The van der Waals surface area contributed by atoms with E-state index >= 15 is 0 Å². The molecule has 0 bridgehead atoms. The van der Waals surface area contributed by atoms with Gasteiger partial charge in [-0.15, -0.1) is 0 Å². The Morgan fingerprint density at radius 2 is 1.31 bits per heavy atom. The van der Waals surface area contributed by atoms with Gasteiger partial charge in [0.25, 0.3) is 0 Å². The van der Waals surface area contributed by atoms with Crippen molar-refractivity contribution in [1.82, 2.24) is 0 Å². The Morgan fingerprint density at radius 3 is 1.92 bits per heavy atom. The summed E-state index contributed by atoms with van der Waals surface area (Å²) in [4.78, 5) is 0. The van der Waals surface area contributed by atoms with Crippen LogP contribution in [0.2, 0.25) is 0 Å². The quantitative estimate of drug-likeness (QED) is 0.523. The highest BCUT2D eigenvalue weighted by atomic mass is 19.4. The standard InChI is InChI=1S/C23H29F3/c1-21(2,3)18-11-6-9-17(15-18)10-8-14-22(4,5)19-12-7-13-20(16-19)23(24,25)26/h6-7,9,11-13,15-16H,8,10,14H2,1-5H3. The summed E-state index contributed by atoms with van der Waals surface area (Å²) in [6, 6.07) is 14.4. The van der Waals surface area contributed by atoms with Gasteiger partial charge in [-0.05, 0) is 52.8 Å². The van der Waals surface area contributed by atoms with Crippen LogP contribution < -0.4 is 0 Å². The van der Waals surface area contributed by atoms with Crippen molar-refractivity contribution in [1.29, 1.82) is 0 Å². The summed E-state index contributed by atoms with van der Waals surface area (Å²) in [6.45, 7) is 10.6. The van der Waals surface area contributed by atoms with Crippen LogP contribution in [-0.4, -0.2) is 0 Å². The molecule has 0 atom stereocenters. The number of benzene rings is 2. The Balaban J connectivity index is 2.05. The zero-order valence-electron chi connectivity index (χ0n) is 16.4. The molecule has 0 amide bonds. The van der Waals surface area contributed by atoms with E-state index in [4.69, 9.17) is 0 Å². The number of hydrogen-bond donors (Lipinski definition) is 0. The minimum Gasteiger partial charge on any atom is -0.166 e. The lowest BCUT2D eigenvalue weighted by atomic mass is 9.79. The Bertz CT molecular complexity index is 734. The molecule has 0 saturated heterocycles. The lowest BCUT2D eigenvalue weighted by molar-refractivity contribution is -0.137. The Morgan fingerprint density at radius 1 is 0.731 bits per heavy atom. The molecule has 26 heavy (non-hydrogen) atoms. The van der Waals surface area contributed by atoms with Crippen LogP contribution in [0, 0.1) is 0 Å². The number of halogens is 3. The van der Waals surface area contributed by atoms with Gasteiger partial charge >= 0.3 is 6.18 Å². The fraction of sp³-hybridized carbons (Fsp3) is 0.478. The maximum atomic E-state index is 13.0. The van der Waals surface area contributed by atoms with Crippen molar-refractivity contribution in [3.63, 3.8) is 0 Å². The summed E-state index contributed by atoms with van der Waals surface area (Å²) in [5.74, 6) is 0. The average Bonchev–Trinajstić information content (AvgIpc) is 2.53. The molecule has 0 nitrogen and oxygen atoms in total. The first-order valence-corrected chi connectivity index (χ1v) is 9.17. The highest BCUT2D eigenvalue weighted by Gasteiger charge is 2.32. The molecule has 2 rings (SSSR count). The van der Waals surface area contributed by atoms with Gasteiger partial charge in [0.2, 0.25) is 0 Å². The molecule has 0 fully saturated rings. The van der Waals surface area contributed by atoms with E-state index < -0.39 is 11.7 Å². The second kappa shape index (κ2) is 7.46. The molecule has 0 heterocycles. The van der Waals surface area contributed by atoms with Crippen LogP contribution in [-0.2, 0) is 23.4 Å². The second-order valence-electron chi connectivity index (χ2n) is 8.77. The van der Waals surface area contributed by atoms with Crippen LogP contribution in [0.4, 0.5) is 13.2 Å². The first kappa shape index (κ1) is 20.5. The number of alkyl halides is 3. The highest BCUT2D eigenvalue weighted by molar-refractivity contribution is 5.31. The van der Waals surface area contributed by atoms with E-state index in [1.807, 2.05) is 13.8 Å². The predicted molar refractivity (Wildman–Crippen MR) is 103 cm³/mol. The van der Waals surface area contributed by atoms with Crippen molar-refractivity contribution in [2.45, 2.75) is 70.9 Å². The SMILES string of the molecule is CC(C)(C)c1cccc(CCCC(C)(C)c2cccc(C(F)(F)F)c2)c1. The molecule has 3 heteroatoms. The van der Waals surface area contributed by atoms with Gasteiger partial charge in [0, 0.05) is 0 Å². The van der Waals surface area contributed by atoms with Crippen molar-refractivity contribution in [2.24, 2.45) is 0 Å². The van der Waals surface area contributed by atoms with Gasteiger partial charge < -0.3 is 0 Å². The summed E-state index contributed by atoms with van der Waals surface area (Å²) >= 11 is 0. The molecule has 0 N–H and O–H groups in total. The van der Waals surface area contributed by atoms with Gasteiger partial charge in [-0.25, -0.2) is 0 Å². The van der Waals surface area contributed by atoms with E-state index in [2.05, 4.69) is 45.0 Å². The molecule has 2 aromatic carbocycles. The van der Waals surface area contributed by atoms with Crippen LogP contribution in [0.25, 0.3) is 0 Å². The Hall–Kier alpha value is -1.77. The fourth-order valence-corrected chi connectivity index (χ4v) is 3.19. The Labute approximate surface area is 155 Å². The maximum Gasteiger partial charge on any atom is 0.416 e. The molecule has 0 aliphatic rings. The molecular formula is C23H29F3. The number of hydrogen-bond acceptors (Lipinski definition) is 0. The van der Waals surface area contributed by atoms with Crippen LogP contribution in [0.5, 0.6) is 0 Å². The maximum absolute atomic E-state index is 13.0. The third-order valence-corrected chi connectivity index (χ3v) is 5.03. The minimum atomic E-state index is -4.29. The van der Waals surface area contributed by atoms with Crippen LogP contribution in [0.3, 0.4) is 0 Å². The van der Waals surface area contributed by atoms with Crippen LogP contribution in [0.1, 0.15) is 69.7 Å². The molecule has 0 radical (unpaired) electrons. The third kappa shape index (κ3) is 5.36. The van der Waals surface area contributed by atoms with E-state index in [0.29, 0.717) is 0 Å². The van der Waals surface area contributed by atoms with E-state index in [9.17, 15) is 13.2 Å². The van der Waals surface area contributed by atoms with E-state index in [1.54, 1.807) is 6.07 Å². The van der Waals surface area contributed by atoms with Crippen LogP contribution in [0.15, 0.2) is 48.5 Å². The van der Waals surface area contributed by atoms with Gasteiger partial charge in [0.15, 0.2) is 0 Å². The van der Waals surface area contributed by atoms with Crippen molar-refractivity contribution < 1.29 is 13.2 Å². The normalized spacial score (nSPS) is 13.1. The Kier molecular flexibility index (Phi) is 5.89. The van der Waals surface area contributed by atoms with E-state index in [-0.39, 0.29) is 10.8 Å². The highest BCUT2D eigenvalue weighted by Crippen LogP contribution is 2.35. The topological polar surface area (TPSA) is 0 Å². The minimum absolute atomic E-state index is 0.118. The molecule has 0 aromatic heterocycles. The first-order chi connectivity index (χ1) is 11.9. The third-order valence-electron chi connectivity index (χ3n) is 5.03. The summed E-state index contributed by atoms with van der Waals surface area (Å²) in [5.41, 5.74) is 2.61. The van der Waals surface area contributed by atoms with E-state index in [1.165, 1.54) is 23.3 Å². The van der Waals surface area contributed by atoms with Crippen LogP contribution >= 0.6 is 0 Å². The summed E-state index contributed by atoms with van der Waals surface area (Å²) in [7, 11) is 0. The average molecular weight is 362 g/mol. The van der Waals surface area contributed by atoms with Gasteiger partial charge in [-0.1, -0.05) is 77.1 Å². The van der Waals surface area contributed by atoms with Crippen molar-refractivity contribution >= 4 is 0 Å². The molecule has 0 aliphatic carbocycles. The van der Waals surface area contributed by atoms with Gasteiger partial charge in [-0.2, -0.15) is 13.2 Å². The fourth-order valence-electron chi connectivity index (χ4n) is 3.19. The van der Waals surface area contributed by atoms with Crippen molar-refractivity contribution in [2.75, 3.05) is 0 Å². The summed E-state index contributed by atoms with van der Waals surface area (Å²) in [5, 5.41) is 0. The van der Waals surface area contributed by atoms with Crippen molar-refractivity contribution in [3.05, 3.63) is 70.8 Å². The van der Waals surface area contributed by atoms with Gasteiger partial charge in [0.1, 0.15) is 0 Å². The zero-order chi connectivity index (χ0) is 19.6. The lowest BCUT2D eigenvalue weighted by Gasteiger charge is -2.26. The molecule has 0 aliphatic heterocycles. The summed E-state index contributed by atoms with van der Waals surface area (Å²) in [6.07, 6.45) is -1.57. The number of rotatable bonds is 5. The molecule has 0 unspecified atom stereocenters. The van der Waals surface area contributed by atoms with Crippen molar-refractivity contribution in [3.8, 4) is 0 Å². The summed E-state index contributed by atoms with van der Waals surface area (Å²) < 4.78 is 38.9. The zero-order valence-corrected chi connectivity index (χ0v) is 16.4. The molecule has 142 valence electrons. The van der Waals surface area contributed by atoms with E-state index in [0.717, 1.165) is 30.9 Å².